The number of aldehydes is 1. The summed E-state index contributed by atoms with van der Waals surface area (Å²) < 4.78 is 14.7. The van der Waals surface area contributed by atoms with Gasteiger partial charge in [-0.05, 0) is 12.1 Å². The molecule has 82 valence electrons. The van der Waals surface area contributed by atoms with Crippen LogP contribution in [0.3, 0.4) is 0 Å². The van der Waals surface area contributed by atoms with Gasteiger partial charge in [0, 0.05) is 7.05 Å². The number of aryl methyl sites for hydroxylation is 1. The number of rotatable bonds is 1. The predicted octanol–water partition coefficient (Wildman–Crippen LogP) is 1.12. The number of hydrogen-bond acceptors (Lipinski definition) is 2. The van der Waals surface area contributed by atoms with E-state index in [-0.39, 0.29) is 29.2 Å². The summed E-state index contributed by atoms with van der Waals surface area (Å²) in [6.07, 6.45) is 0.611. The fourth-order valence-electron chi connectivity index (χ4n) is 1.30. The molecule has 0 aliphatic heterocycles. The molecule has 1 aromatic carbocycles. The first-order valence-electron chi connectivity index (χ1n) is 3.80. The Bertz CT molecular complexity index is 484. The topological polar surface area (TPSA) is 66.4 Å². The number of benzene rings is 1. The Morgan fingerprint density at radius 1 is 1.47 bits per heavy atom. The second kappa shape index (κ2) is 4.86. The summed E-state index contributed by atoms with van der Waals surface area (Å²) >= 11 is 0. The van der Waals surface area contributed by atoms with Crippen LogP contribution in [0.15, 0.2) is 18.2 Å². The quantitative estimate of drug-likeness (QED) is 0.692. The summed E-state index contributed by atoms with van der Waals surface area (Å²) in [6.45, 7) is 0. The highest BCUT2D eigenvalue weighted by atomic mass is 35.5. The summed E-state index contributed by atoms with van der Waals surface area (Å²) in [4.78, 5) is 14.4. The van der Waals surface area contributed by atoms with Crippen LogP contribution in [0.4, 0.5) is 4.39 Å². The third-order valence-corrected chi connectivity index (χ3v) is 2.00. The molecule has 15 heavy (non-hydrogen) atoms. The Kier molecular flexibility index (Phi) is 4.39. The van der Waals surface area contributed by atoms with E-state index in [1.165, 1.54) is 6.07 Å². The van der Waals surface area contributed by atoms with Gasteiger partial charge in [0.15, 0.2) is 17.9 Å². The maximum absolute atomic E-state index is 13.1. The number of halogens is 2. The zero-order valence-corrected chi connectivity index (χ0v) is 8.71. The minimum absolute atomic E-state index is 0. The van der Waals surface area contributed by atoms with Crippen LogP contribution in [0.25, 0.3) is 11.0 Å². The summed E-state index contributed by atoms with van der Waals surface area (Å²) in [5, 5.41) is 0. The number of hydrogen-bond donors (Lipinski definition) is 0. The Labute approximate surface area is 91.4 Å². The van der Waals surface area contributed by atoms with Gasteiger partial charge in [0.1, 0.15) is 5.52 Å². The molecule has 0 amide bonds. The fraction of sp³-hybridized carbons (Fsp3) is 0.111. The van der Waals surface area contributed by atoms with E-state index in [0.29, 0.717) is 11.8 Å². The monoisotopic (exact) mass is 232 g/mol. The van der Waals surface area contributed by atoms with Crippen molar-refractivity contribution in [3.05, 3.63) is 29.8 Å². The van der Waals surface area contributed by atoms with E-state index in [1.54, 1.807) is 23.7 Å². The van der Waals surface area contributed by atoms with Gasteiger partial charge < -0.3 is 10.0 Å². The number of imidazole rings is 1. The van der Waals surface area contributed by atoms with Gasteiger partial charge in [-0.15, -0.1) is 12.4 Å². The molecule has 0 unspecified atom stereocenters. The third-order valence-electron chi connectivity index (χ3n) is 2.00. The molecule has 0 atom stereocenters. The highest BCUT2D eigenvalue weighted by Crippen LogP contribution is 2.16. The summed E-state index contributed by atoms with van der Waals surface area (Å²) in [5.41, 5.74) is 0.870. The molecule has 0 spiro atoms. The average Bonchev–Trinajstić information content (AvgIpc) is 2.45. The zero-order valence-electron chi connectivity index (χ0n) is 7.90. The minimum Gasteiger partial charge on any atom is -0.412 e. The Balaban J connectivity index is 0.000000980. The van der Waals surface area contributed by atoms with Crippen LogP contribution < -0.4 is 0 Å². The average molecular weight is 233 g/mol. The van der Waals surface area contributed by atoms with Gasteiger partial charge in [-0.3, -0.25) is 4.79 Å². The number of fused-ring (bicyclic) bond motifs is 1. The van der Waals surface area contributed by atoms with E-state index in [9.17, 15) is 9.18 Å². The number of nitrogens with zero attached hydrogens (tertiary/aromatic N) is 2. The van der Waals surface area contributed by atoms with E-state index in [4.69, 9.17) is 0 Å². The molecule has 0 aliphatic carbocycles. The Hall–Kier alpha value is -1.46. The van der Waals surface area contributed by atoms with Gasteiger partial charge in [-0.2, -0.15) is 0 Å². The number of carbonyl (C=O) groups is 1. The van der Waals surface area contributed by atoms with E-state index in [2.05, 4.69) is 4.98 Å². The van der Waals surface area contributed by atoms with E-state index >= 15 is 0 Å². The summed E-state index contributed by atoms with van der Waals surface area (Å²) in [7, 11) is 1.68. The predicted molar refractivity (Wildman–Crippen MR) is 56.9 cm³/mol. The van der Waals surface area contributed by atoms with Crippen molar-refractivity contribution in [2.24, 2.45) is 7.05 Å². The smallest absolute Gasteiger partial charge is 0.185 e. The van der Waals surface area contributed by atoms with E-state index in [1.807, 2.05) is 0 Å². The lowest BCUT2D eigenvalue weighted by atomic mass is 10.3. The standard InChI is InChI=1S/C9H7FN2O.ClH.H2O/c1-12-7-4-2-3-6(10)9(7)11-8(12)5-13;;/h2-5H,1H3;1H;1H2. The van der Waals surface area contributed by atoms with Gasteiger partial charge in [0.05, 0.1) is 5.52 Å². The molecular formula is C9H10ClFN2O2. The van der Waals surface area contributed by atoms with E-state index in [0.717, 1.165) is 0 Å². The van der Waals surface area contributed by atoms with Crippen molar-refractivity contribution >= 4 is 29.7 Å². The van der Waals surface area contributed by atoms with E-state index < -0.39 is 5.82 Å². The van der Waals surface area contributed by atoms with Gasteiger partial charge in [0.2, 0.25) is 0 Å². The van der Waals surface area contributed by atoms with Crippen molar-refractivity contribution in [1.29, 1.82) is 0 Å². The van der Waals surface area contributed by atoms with Crippen molar-refractivity contribution < 1.29 is 14.7 Å². The molecule has 0 bridgehead atoms. The van der Waals surface area contributed by atoms with Crippen molar-refractivity contribution in [2.45, 2.75) is 0 Å². The number of aromatic nitrogens is 2. The zero-order chi connectivity index (χ0) is 9.42. The first kappa shape index (κ1) is 13.5. The largest absolute Gasteiger partial charge is 0.412 e. The molecule has 1 heterocycles. The molecule has 1 aromatic heterocycles. The second-order valence-corrected chi connectivity index (χ2v) is 2.75. The highest BCUT2D eigenvalue weighted by Gasteiger charge is 2.09. The van der Waals surface area contributed by atoms with Gasteiger partial charge >= 0.3 is 0 Å². The molecular weight excluding hydrogens is 223 g/mol. The SMILES string of the molecule is Cl.Cn1c(C=O)nc2c(F)cccc21.O. The number of carbonyl (C=O) groups excluding carboxylic acids is 1. The van der Waals surface area contributed by atoms with Gasteiger partial charge in [-0.25, -0.2) is 9.37 Å². The normalized spacial score (nSPS) is 9.20. The molecule has 2 rings (SSSR count). The molecule has 2 aromatic rings. The van der Waals surface area contributed by atoms with Crippen LogP contribution in [0, 0.1) is 5.82 Å². The maximum Gasteiger partial charge on any atom is 0.185 e. The van der Waals surface area contributed by atoms with Crippen LogP contribution in [-0.4, -0.2) is 21.3 Å². The third kappa shape index (κ3) is 1.98. The summed E-state index contributed by atoms with van der Waals surface area (Å²) in [6, 6.07) is 4.64. The number of para-hydroxylation sites is 1. The summed E-state index contributed by atoms with van der Waals surface area (Å²) in [5.74, 6) is -0.165. The lowest BCUT2D eigenvalue weighted by Gasteiger charge is -1.94. The highest BCUT2D eigenvalue weighted by molar-refractivity contribution is 5.85. The first-order chi connectivity index (χ1) is 6.24. The van der Waals surface area contributed by atoms with Gasteiger partial charge in [-0.1, -0.05) is 6.07 Å². The van der Waals surface area contributed by atoms with Crippen molar-refractivity contribution in [3.63, 3.8) is 0 Å². The molecule has 0 saturated carbocycles. The first-order valence-corrected chi connectivity index (χ1v) is 3.80. The fourth-order valence-corrected chi connectivity index (χ4v) is 1.30. The minimum atomic E-state index is -0.402. The van der Waals surface area contributed by atoms with Crippen molar-refractivity contribution in [3.8, 4) is 0 Å². The van der Waals surface area contributed by atoms with Crippen molar-refractivity contribution in [2.75, 3.05) is 0 Å². The molecule has 0 aliphatic rings. The van der Waals surface area contributed by atoms with Crippen LogP contribution in [-0.2, 0) is 7.05 Å². The van der Waals surface area contributed by atoms with Gasteiger partial charge in [0.25, 0.3) is 0 Å². The molecule has 2 N–H and O–H groups in total. The van der Waals surface area contributed by atoms with Crippen LogP contribution in [0.5, 0.6) is 0 Å². The van der Waals surface area contributed by atoms with Crippen LogP contribution in [0.1, 0.15) is 10.6 Å². The molecule has 6 heteroatoms. The Morgan fingerprint density at radius 3 is 2.67 bits per heavy atom. The maximum atomic E-state index is 13.1. The molecule has 0 radical (unpaired) electrons. The Morgan fingerprint density at radius 2 is 2.13 bits per heavy atom. The molecule has 4 nitrogen and oxygen atoms in total. The molecule has 0 saturated heterocycles. The molecule has 0 fully saturated rings. The lowest BCUT2D eigenvalue weighted by Crippen LogP contribution is -1.94. The lowest BCUT2D eigenvalue weighted by molar-refractivity contribution is 0.111. The van der Waals surface area contributed by atoms with Crippen LogP contribution in [0.2, 0.25) is 0 Å². The van der Waals surface area contributed by atoms with Crippen molar-refractivity contribution in [1.82, 2.24) is 9.55 Å². The van der Waals surface area contributed by atoms with Crippen LogP contribution >= 0.6 is 12.4 Å². The second-order valence-electron chi connectivity index (χ2n) is 2.75.